The van der Waals surface area contributed by atoms with Gasteiger partial charge in [0, 0.05) is 11.8 Å². The van der Waals surface area contributed by atoms with Gasteiger partial charge in [0.15, 0.2) is 0 Å². The van der Waals surface area contributed by atoms with Gasteiger partial charge in [0.1, 0.15) is 5.54 Å². The fourth-order valence-corrected chi connectivity index (χ4v) is 1.87. The van der Waals surface area contributed by atoms with Crippen molar-refractivity contribution < 1.29 is 14.7 Å². The molecule has 3 N–H and O–H groups in total. The maximum absolute atomic E-state index is 11.4. The number of thioether (sulfide) groups is 1. The van der Waals surface area contributed by atoms with Crippen LogP contribution in [-0.4, -0.2) is 40.7 Å². The number of carboxylic acid groups (broad SMARTS) is 1. The van der Waals surface area contributed by atoms with Crippen molar-refractivity contribution in [3.8, 4) is 0 Å². The van der Waals surface area contributed by atoms with Crippen molar-refractivity contribution in [2.45, 2.75) is 31.3 Å². The van der Waals surface area contributed by atoms with E-state index in [2.05, 4.69) is 10.6 Å². The molecular formula is C9H16N2O3S. The second-order valence-electron chi connectivity index (χ2n) is 3.84. The molecule has 0 spiro atoms. The third kappa shape index (κ3) is 3.30. The zero-order chi connectivity index (χ0) is 11.5. The fraction of sp³-hybridized carbons (Fsp3) is 0.778. The molecule has 0 aromatic carbocycles. The standard InChI is InChI=1S/C9H16N2O3S/c1-6(5-15-2)10-8(14)11-9(3-4-9)7(12)13/h6H,3-5H2,1-2H3,(H,12,13)(H2,10,11,14). The molecule has 1 aliphatic rings. The fourth-order valence-electron chi connectivity index (χ4n) is 1.29. The van der Waals surface area contributed by atoms with Gasteiger partial charge >= 0.3 is 12.0 Å². The normalized spacial score (nSPS) is 19.1. The monoisotopic (exact) mass is 232 g/mol. The summed E-state index contributed by atoms with van der Waals surface area (Å²) >= 11 is 1.63. The average Bonchev–Trinajstić information content (AvgIpc) is 2.85. The number of aliphatic carboxylic acids is 1. The predicted molar refractivity (Wildman–Crippen MR) is 59.1 cm³/mol. The van der Waals surface area contributed by atoms with Crippen LogP contribution in [0.15, 0.2) is 0 Å². The van der Waals surface area contributed by atoms with Crippen molar-refractivity contribution >= 4 is 23.8 Å². The van der Waals surface area contributed by atoms with Gasteiger partial charge < -0.3 is 15.7 Å². The highest BCUT2D eigenvalue weighted by Gasteiger charge is 2.51. The molecule has 0 aliphatic heterocycles. The first kappa shape index (κ1) is 12.2. The van der Waals surface area contributed by atoms with Crippen molar-refractivity contribution in [1.29, 1.82) is 0 Å². The molecule has 1 atom stereocenters. The van der Waals surface area contributed by atoms with Crippen molar-refractivity contribution in [1.82, 2.24) is 10.6 Å². The van der Waals surface area contributed by atoms with E-state index in [1.807, 2.05) is 13.2 Å². The second kappa shape index (κ2) is 4.74. The Morgan fingerprint density at radius 1 is 1.53 bits per heavy atom. The van der Waals surface area contributed by atoms with E-state index in [0.29, 0.717) is 12.8 Å². The van der Waals surface area contributed by atoms with Gasteiger partial charge in [-0.15, -0.1) is 0 Å². The zero-order valence-electron chi connectivity index (χ0n) is 8.87. The molecule has 0 radical (unpaired) electrons. The first-order valence-corrected chi connectivity index (χ1v) is 6.20. The maximum Gasteiger partial charge on any atom is 0.329 e. The van der Waals surface area contributed by atoms with Crippen LogP contribution in [0.1, 0.15) is 19.8 Å². The third-order valence-corrected chi connectivity index (χ3v) is 3.14. The summed E-state index contributed by atoms with van der Waals surface area (Å²) < 4.78 is 0. The molecule has 0 aromatic heterocycles. The summed E-state index contributed by atoms with van der Waals surface area (Å²) in [5, 5.41) is 14.0. The summed E-state index contributed by atoms with van der Waals surface area (Å²) in [6.07, 6.45) is 3.00. The van der Waals surface area contributed by atoms with Crippen LogP contribution in [0.4, 0.5) is 4.79 Å². The predicted octanol–water partition coefficient (Wildman–Crippen LogP) is 0.654. The van der Waals surface area contributed by atoms with E-state index >= 15 is 0 Å². The molecule has 2 amide bonds. The van der Waals surface area contributed by atoms with Crippen molar-refractivity contribution in [3.63, 3.8) is 0 Å². The molecule has 6 heteroatoms. The van der Waals surface area contributed by atoms with Crippen LogP contribution in [0, 0.1) is 0 Å². The van der Waals surface area contributed by atoms with E-state index in [1.165, 1.54) is 0 Å². The Labute approximate surface area is 93.0 Å². The van der Waals surface area contributed by atoms with Crippen LogP contribution in [0.25, 0.3) is 0 Å². The highest BCUT2D eigenvalue weighted by Crippen LogP contribution is 2.35. The number of rotatable bonds is 5. The number of hydrogen-bond donors (Lipinski definition) is 3. The van der Waals surface area contributed by atoms with Gasteiger partial charge in [-0.3, -0.25) is 0 Å². The summed E-state index contributed by atoms with van der Waals surface area (Å²) in [5.74, 6) is -0.136. The van der Waals surface area contributed by atoms with Crippen molar-refractivity contribution in [2.75, 3.05) is 12.0 Å². The number of carbonyl (C=O) groups excluding carboxylic acids is 1. The van der Waals surface area contributed by atoms with Gasteiger partial charge in [0.05, 0.1) is 0 Å². The van der Waals surface area contributed by atoms with E-state index in [1.54, 1.807) is 11.8 Å². The SMILES string of the molecule is CSCC(C)NC(=O)NC1(C(=O)O)CC1. The van der Waals surface area contributed by atoms with Gasteiger partial charge in [-0.2, -0.15) is 11.8 Å². The summed E-state index contributed by atoms with van der Waals surface area (Å²) in [6.45, 7) is 1.89. The summed E-state index contributed by atoms with van der Waals surface area (Å²) in [4.78, 5) is 22.2. The molecule has 1 unspecified atom stereocenters. The highest BCUT2D eigenvalue weighted by atomic mass is 32.2. The minimum Gasteiger partial charge on any atom is -0.480 e. The topological polar surface area (TPSA) is 78.4 Å². The highest BCUT2D eigenvalue weighted by molar-refractivity contribution is 7.98. The number of urea groups is 1. The molecular weight excluding hydrogens is 216 g/mol. The lowest BCUT2D eigenvalue weighted by molar-refractivity contribution is -0.140. The number of hydrogen-bond acceptors (Lipinski definition) is 3. The van der Waals surface area contributed by atoms with Gasteiger partial charge in [-0.25, -0.2) is 9.59 Å². The van der Waals surface area contributed by atoms with Crippen molar-refractivity contribution in [3.05, 3.63) is 0 Å². The van der Waals surface area contributed by atoms with E-state index in [9.17, 15) is 9.59 Å². The Bertz CT molecular complexity index is 266. The first-order chi connectivity index (χ1) is 7.00. The molecule has 0 heterocycles. The van der Waals surface area contributed by atoms with E-state index < -0.39 is 17.5 Å². The van der Waals surface area contributed by atoms with Crippen LogP contribution >= 0.6 is 11.8 Å². The quantitative estimate of drug-likeness (QED) is 0.650. The van der Waals surface area contributed by atoms with Crippen LogP contribution in [0.3, 0.4) is 0 Å². The van der Waals surface area contributed by atoms with Gasteiger partial charge in [0.25, 0.3) is 0 Å². The maximum atomic E-state index is 11.4. The molecule has 0 saturated heterocycles. The largest absolute Gasteiger partial charge is 0.480 e. The number of amides is 2. The number of carboxylic acids is 1. The molecule has 15 heavy (non-hydrogen) atoms. The van der Waals surface area contributed by atoms with Gasteiger partial charge in [0.2, 0.25) is 0 Å². The van der Waals surface area contributed by atoms with Crippen molar-refractivity contribution in [2.24, 2.45) is 0 Å². The molecule has 0 aromatic rings. The Kier molecular flexibility index (Phi) is 3.84. The van der Waals surface area contributed by atoms with Gasteiger partial charge in [-0.1, -0.05) is 0 Å². The van der Waals surface area contributed by atoms with E-state index in [0.717, 1.165) is 5.75 Å². The summed E-state index contributed by atoms with van der Waals surface area (Å²) in [6, 6.07) is -0.346. The number of nitrogens with one attached hydrogen (secondary N) is 2. The lowest BCUT2D eigenvalue weighted by Gasteiger charge is -2.16. The Morgan fingerprint density at radius 2 is 2.13 bits per heavy atom. The summed E-state index contributed by atoms with van der Waals surface area (Å²) in [5.41, 5.74) is -0.997. The van der Waals surface area contributed by atoms with Crippen LogP contribution in [0.5, 0.6) is 0 Å². The lowest BCUT2D eigenvalue weighted by atomic mass is 10.3. The van der Waals surface area contributed by atoms with Crippen LogP contribution in [0.2, 0.25) is 0 Å². The molecule has 1 rings (SSSR count). The smallest absolute Gasteiger partial charge is 0.329 e. The average molecular weight is 232 g/mol. The lowest BCUT2D eigenvalue weighted by Crippen LogP contribution is -2.50. The Morgan fingerprint density at radius 3 is 2.53 bits per heavy atom. The molecule has 5 nitrogen and oxygen atoms in total. The minimum absolute atomic E-state index is 0.0459. The summed E-state index contributed by atoms with van der Waals surface area (Å²) in [7, 11) is 0. The van der Waals surface area contributed by atoms with Gasteiger partial charge in [-0.05, 0) is 26.0 Å². The molecule has 1 saturated carbocycles. The number of carbonyl (C=O) groups is 2. The Hall–Kier alpha value is -0.910. The Balaban J connectivity index is 2.33. The molecule has 86 valence electrons. The van der Waals surface area contributed by atoms with E-state index in [4.69, 9.17) is 5.11 Å². The molecule has 0 bridgehead atoms. The minimum atomic E-state index is -0.997. The third-order valence-electron chi connectivity index (χ3n) is 2.31. The van der Waals surface area contributed by atoms with Crippen LogP contribution in [-0.2, 0) is 4.79 Å². The zero-order valence-corrected chi connectivity index (χ0v) is 9.69. The second-order valence-corrected chi connectivity index (χ2v) is 4.75. The van der Waals surface area contributed by atoms with Crippen LogP contribution < -0.4 is 10.6 Å². The first-order valence-electron chi connectivity index (χ1n) is 4.81. The molecule has 1 aliphatic carbocycles. The van der Waals surface area contributed by atoms with E-state index in [-0.39, 0.29) is 6.04 Å². The molecule has 1 fully saturated rings.